The molecule has 10 heteroatoms. The van der Waals surface area contributed by atoms with Crippen molar-refractivity contribution in [3.05, 3.63) is 71.8 Å². The Balaban J connectivity index is 2.01. The molecule has 0 saturated heterocycles. The van der Waals surface area contributed by atoms with E-state index in [1.165, 1.54) is 0 Å². The summed E-state index contributed by atoms with van der Waals surface area (Å²) in [5.74, 6) is -0.499. The first-order valence-corrected chi connectivity index (χ1v) is 13.2. The van der Waals surface area contributed by atoms with Crippen molar-refractivity contribution in [2.45, 2.75) is 76.0 Å². The van der Waals surface area contributed by atoms with Crippen LogP contribution in [0.15, 0.2) is 60.7 Å². The van der Waals surface area contributed by atoms with E-state index in [9.17, 15) is 24.9 Å². The molecule has 5 atom stereocenters. The van der Waals surface area contributed by atoms with Gasteiger partial charge < -0.3 is 41.1 Å². The van der Waals surface area contributed by atoms with Crippen LogP contribution in [0.3, 0.4) is 0 Å². The molecular weight excluding hydrogens is 502 g/mol. The van der Waals surface area contributed by atoms with Crippen molar-refractivity contribution in [2.75, 3.05) is 19.7 Å². The number of hydrogen-bond donors (Lipinski definition) is 7. The van der Waals surface area contributed by atoms with Gasteiger partial charge in [0.2, 0.25) is 5.91 Å². The first kappa shape index (κ1) is 32.2. The van der Waals surface area contributed by atoms with Gasteiger partial charge in [-0.1, -0.05) is 60.7 Å². The minimum atomic E-state index is -1.19. The van der Waals surface area contributed by atoms with E-state index in [0.29, 0.717) is 12.8 Å². The molecule has 0 aliphatic heterocycles. The average Bonchev–Trinajstić information content (AvgIpc) is 2.87. The zero-order valence-corrected chi connectivity index (χ0v) is 22.9. The van der Waals surface area contributed by atoms with Gasteiger partial charge in [0.1, 0.15) is 5.60 Å². The number of alkyl carbamates (subject to hydrolysis) is 1. The topological polar surface area (TPSA) is 160 Å². The summed E-state index contributed by atoms with van der Waals surface area (Å²) in [6.07, 6.45) is -3.45. The van der Waals surface area contributed by atoms with Gasteiger partial charge >= 0.3 is 6.09 Å². The maximum Gasteiger partial charge on any atom is 0.407 e. The molecule has 10 nitrogen and oxygen atoms in total. The molecule has 2 amide bonds. The smallest absolute Gasteiger partial charge is 0.407 e. The Morgan fingerprint density at radius 2 is 1.26 bits per heavy atom. The second-order valence-corrected chi connectivity index (χ2v) is 10.6. The van der Waals surface area contributed by atoms with Crippen molar-refractivity contribution in [3.8, 4) is 0 Å². The second kappa shape index (κ2) is 16.2. The number of carbonyl (C=O) groups is 2. The fourth-order valence-electron chi connectivity index (χ4n) is 3.97. The van der Waals surface area contributed by atoms with E-state index in [4.69, 9.17) is 9.84 Å². The SMILES string of the molecule is CC(C)(C)OC(=O)N[C@@H](Cc1ccccc1)[C@@H](O)CNCC(O)[C@@H](Cc1ccccc1)NC(=O)CC(O)CO. The van der Waals surface area contributed by atoms with E-state index >= 15 is 0 Å². The maximum atomic E-state index is 12.4. The molecule has 0 aliphatic carbocycles. The molecule has 0 radical (unpaired) electrons. The monoisotopic (exact) mass is 545 g/mol. The van der Waals surface area contributed by atoms with Crippen molar-refractivity contribution >= 4 is 12.0 Å². The van der Waals surface area contributed by atoms with Gasteiger partial charge in [-0.25, -0.2) is 4.79 Å². The lowest BCUT2D eigenvalue weighted by Gasteiger charge is -2.28. The lowest BCUT2D eigenvalue weighted by molar-refractivity contribution is -0.125. The molecule has 7 N–H and O–H groups in total. The van der Waals surface area contributed by atoms with Crippen LogP contribution in [0.25, 0.3) is 0 Å². The lowest BCUT2D eigenvalue weighted by atomic mass is 9.99. The average molecular weight is 546 g/mol. The van der Waals surface area contributed by atoms with E-state index in [1.807, 2.05) is 60.7 Å². The van der Waals surface area contributed by atoms with Gasteiger partial charge in [0.25, 0.3) is 0 Å². The van der Waals surface area contributed by atoms with Crippen molar-refractivity contribution < 1.29 is 34.8 Å². The molecule has 0 spiro atoms. The molecule has 0 heterocycles. The third kappa shape index (κ3) is 13.1. The Morgan fingerprint density at radius 3 is 1.69 bits per heavy atom. The van der Waals surface area contributed by atoms with Crippen LogP contribution >= 0.6 is 0 Å². The molecule has 0 saturated carbocycles. The van der Waals surface area contributed by atoms with Gasteiger partial charge in [0, 0.05) is 13.1 Å². The molecular formula is C29H43N3O7. The summed E-state index contributed by atoms with van der Waals surface area (Å²) >= 11 is 0. The number of nitrogens with one attached hydrogen (secondary N) is 3. The van der Waals surface area contributed by atoms with Crippen molar-refractivity contribution in [1.29, 1.82) is 0 Å². The highest BCUT2D eigenvalue weighted by Crippen LogP contribution is 2.11. The summed E-state index contributed by atoms with van der Waals surface area (Å²) in [5.41, 5.74) is 1.13. The van der Waals surface area contributed by atoms with Crippen LogP contribution in [0.1, 0.15) is 38.3 Å². The molecule has 216 valence electrons. The molecule has 2 aromatic rings. The predicted octanol–water partition coefficient (Wildman–Crippen LogP) is 0.905. The third-order valence-corrected chi connectivity index (χ3v) is 5.91. The predicted molar refractivity (Wildman–Crippen MR) is 148 cm³/mol. The van der Waals surface area contributed by atoms with Crippen LogP contribution in [0.2, 0.25) is 0 Å². The standard InChI is InChI=1S/C29H43N3O7/c1-29(2,3)39-28(38)32-24(15-21-12-8-5-9-13-21)26(36)18-30-17-25(35)23(14-20-10-6-4-7-11-20)31-27(37)16-22(34)19-33/h4-13,22-26,30,33-36H,14-19H2,1-3H3,(H,31,37)(H,32,38)/t22?,23-,24+,25?,26+/m1/s1. The molecule has 0 aliphatic rings. The van der Waals surface area contributed by atoms with E-state index in [2.05, 4.69) is 16.0 Å². The summed E-state index contributed by atoms with van der Waals surface area (Å²) < 4.78 is 5.36. The first-order valence-electron chi connectivity index (χ1n) is 13.2. The third-order valence-electron chi connectivity index (χ3n) is 5.91. The molecule has 39 heavy (non-hydrogen) atoms. The first-order chi connectivity index (χ1) is 18.5. The lowest BCUT2D eigenvalue weighted by Crippen LogP contribution is -2.52. The fourth-order valence-corrected chi connectivity index (χ4v) is 3.97. The molecule has 0 bridgehead atoms. The quantitative estimate of drug-likeness (QED) is 0.174. The molecule has 2 unspecified atom stereocenters. The highest BCUT2D eigenvalue weighted by Gasteiger charge is 2.27. The van der Waals surface area contributed by atoms with Crippen molar-refractivity contribution in [3.63, 3.8) is 0 Å². The fraction of sp³-hybridized carbons (Fsp3) is 0.517. The normalized spacial score (nSPS) is 15.5. The number of amides is 2. The van der Waals surface area contributed by atoms with Crippen molar-refractivity contribution in [2.24, 2.45) is 0 Å². The summed E-state index contributed by atoms with van der Waals surface area (Å²) in [6.45, 7) is 4.83. The van der Waals surface area contributed by atoms with Crippen LogP contribution in [0.5, 0.6) is 0 Å². The van der Waals surface area contributed by atoms with E-state index < -0.39 is 54.6 Å². The minimum absolute atomic E-state index is 0.0435. The summed E-state index contributed by atoms with van der Waals surface area (Å²) in [6, 6.07) is 17.4. The molecule has 2 rings (SSSR count). The zero-order chi connectivity index (χ0) is 28.8. The van der Waals surface area contributed by atoms with Crippen LogP contribution in [-0.2, 0) is 22.4 Å². The summed E-state index contributed by atoms with van der Waals surface area (Å²) in [5, 5.41) is 49.0. The highest BCUT2D eigenvalue weighted by atomic mass is 16.6. The Labute approximate surface area is 230 Å². The van der Waals surface area contributed by atoms with Crippen molar-refractivity contribution in [1.82, 2.24) is 16.0 Å². The number of aliphatic hydroxyl groups is 4. The molecule has 0 aromatic heterocycles. The highest BCUT2D eigenvalue weighted by molar-refractivity contribution is 5.76. The number of ether oxygens (including phenoxy) is 1. The zero-order valence-electron chi connectivity index (χ0n) is 22.9. The number of hydrogen-bond acceptors (Lipinski definition) is 8. The Morgan fingerprint density at radius 1 is 0.795 bits per heavy atom. The van der Waals surface area contributed by atoms with E-state index in [0.717, 1.165) is 11.1 Å². The summed E-state index contributed by atoms with van der Waals surface area (Å²) in [4.78, 5) is 24.8. The number of carbonyl (C=O) groups excluding carboxylic acids is 2. The van der Waals surface area contributed by atoms with Gasteiger partial charge in [-0.2, -0.15) is 0 Å². The Bertz CT molecular complexity index is 985. The van der Waals surface area contributed by atoms with Gasteiger partial charge in [0.05, 0.1) is 43.4 Å². The van der Waals surface area contributed by atoms with Crippen LogP contribution in [0.4, 0.5) is 4.79 Å². The summed E-state index contributed by atoms with van der Waals surface area (Å²) in [7, 11) is 0. The van der Waals surface area contributed by atoms with E-state index in [-0.39, 0.29) is 19.5 Å². The largest absolute Gasteiger partial charge is 0.444 e. The Hall–Kier alpha value is -3.02. The number of benzene rings is 2. The van der Waals surface area contributed by atoms with Crippen LogP contribution < -0.4 is 16.0 Å². The Kier molecular flexibility index (Phi) is 13.3. The van der Waals surface area contributed by atoms with Crippen LogP contribution in [0, 0.1) is 0 Å². The minimum Gasteiger partial charge on any atom is -0.444 e. The van der Waals surface area contributed by atoms with Gasteiger partial charge in [0.15, 0.2) is 0 Å². The van der Waals surface area contributed by atoms with Gasteiger partial charge in [-0.15, -0.1) is 0 Å². The second-order valence-electron chi connectivity index (χ2n) is 10.6. The van der Waals surface area contributed by atoms with Crippen LogP contribution in [-0.4, -0.2) is 88.1 Å². The van der Waals surface area contributed by atoms with E-state index in [1.54, 1.807) is 20.8 Å². The molecule has 0 fully saturated rings. The molecule has 2 aromatic carbocycles. The number of rotatable bonds is 15. The maximum absolute atomic E-state index is 12.4. The van der Waals surface area contributed by atoms with Gasteiger partial charge in [-0.05, 0) is 44.7 Å². The van der Waals surface area contributed by atoms with Gasteiger partial charge in [-0.3, -0.25) is 4.79 Å². The number of aliphatic hydroxyl groups excluding tert-OH is 4.